The Hall–Kier alpha value is -4.46. The molecule has 242 valence electrons. The van der Waals surface area contributed by atoms with Gasteiger partial charge in [0, 0.05) is 37.1 Å². The quantitative estimate of drug-likeness (QED) is 0.0961. The molecule has 5 rings (SSSR count). The van der Waals surface area contributed by atoms with Crippen molar-refractivity contribution in [2.45, 2.75) is 97.6 Å². The number of benzene rings is 3. The van der Waals surface area contributed by atoms with Crippen LogP contribution in [0.25, 0.3) is 22.2 Å². The standard InChI is InChI=1S/C38H45N3O5/c1-5-6-13-34-40-31-19-18-29(39-35(43)25-38(22-23-42)20-9-10-21-38)24-32(31)41(34)26-27-14-16-28(17-15-27)30-11-7-8-12-33(30)45-36(44)46-37(2,3)4/h7-8,11-12,14-19,23-24H,5-6,9-10,13,20-22,25-26H2,1-4H3,(H,39,43). The molecule has 46 heavy (non-hydrogen) atoms. The lowest BCUT2D eigenvalue weighted by Crippen LogP contribution is -2.26. The monoisotopic (exact) mass is 623 g/mol. The lowest BCUT2D eigenvalue weighted by Gasteiger charge is -2.25. The van der Waals surface area contributed by atoms with Gasteiger partial charge in [0.2, 0.25) is 5.91 Å². The van der Waals surface area contributed by atoms with Crippen molar-refractivity contribution >= 4 is 35.1 Å². The number of hydrogen-bond acceptors (Lipinski definition) is 6. The van der Waals surface area contributed by atoms with Gasteiger partial charge in [-0.25, -0.2) is 9.78 Å². The number of nitrogens with one attached hydrogen (secondary N) is 1. The number of fused-ring (bicyclic) bond motifs is 1. The molecule has 1 N–H and O–H groups in total. The number of nitrogens with zero attached hydrogens (tertiary/aromatic N) is 2. The Kier molecular flexibility index (Phi) is 10.2. The summed E-state index contributed by atoms with van der Waals surface area (Å²) < 4.78 is 13.2. The van der Waals surface area contributed by atoms with Crippen LogP contribution in [0.1, 0.15) is 90.4 Å². The third kappa shape index (κ3) is 8.22. The zero-order chi connectivity index (χ0) is 32.7. The molecule has 1 fully saturated rings. The van der Waals surface area contributed by atoms with Gasteiger partial charge in [-0.2, -0.15) is 0 Å². The average molecular weight is 624 g/mol. The number of aromatic nitrogens is 2. The van der Waals surface area contributed by atoms with Crippen LogP contribution in [0.15, 0.2) is 66.7 Å². The third-order valence-electron chi connectivity index (χ3n) is 8.66. The number of aldehydes is 1. The predicted molar refractivity (Wildman–Crippen MR) is 181 cm³/mol. The smallest absolute Gasteiger partial charge is 0.428 e. The lowest BCUT2D eigenvalue weighted by molar-refractivity contribution is -0.119. The number of carbonyl (C=O) groups is 3. The van der Waals surface area contributed by atoms with E-state index < -0.39 is 11.8 Å². The van der Waals surface area contributed by atoms with E-state index in [-0.39, 0.29) is 11.3 Å². The summed E-state index contributed by atoms with van der Waals surface area (Å²) in [4.78, 5) is 41.8. The van der Waals surface area contributed by atoms with Gasteiger partial charge in [0.05, 0.1) is 11.0 Å². The van der Waals surface area contributed by atoms with Crippen molar-refractivity contribution in [3.63, 3.8) is 0 Å². The predicted octanol–water partition coefficient (Wildman–Crippen LogP) is 8.89. The summed E-state index contributed by atoms with van der Waals surface area (Å²) in [7, 11) is 0. The first-order chi connectivity index (χ1) is 22.1. The molecule has 0 radical (unpaired) electrons. The summed E-state index contributed by atoms with van der Waals surface area (Å²) in [5, 5.41) is 3.10. The molecule has 8 nitrogen and oxygen atoms in total. The minimum atomic E-state index is -0.738. The Morgan fingerprint density at radius 1 is 1.02 bits per heavy atom. The minimum Gasteiger partial charge on any atom is -0.428 e. The van der Waals surface area contributed by atoms with Crippen LogP contribution < -0.4 is 10.1 Å². The van der Waals surface area contributed by atoms with Crippen molar-refractivity contribution in [3.8, 4) is 16.9 Å². The maximum atomic E-state index is 13.1. The van der Waals surface area contributed by atoms with E-state index in [0.717, 1.165) is 90.5 Å². The maximum absolute atomic E-state index is 13.1. The Morgan fingerprint density at radius 2 is 1.76 bits per heavy atom. The van der Waals surface area contributed by atoms with Crippen LogP contribution in [0, 0.1) is 5.41 Å². The molecular formula is C38H45N3O5. The number of aryl methyl sites for hydroxylation is 1. The van der Waals surface area contributed by atoms with Gasteiger partial charge < -0.3 is 24.2 Å². The first kappa shape index (κ1) is 32.9. The van der Waals surface area contributed by atoms with Gasteiger partial charge in [-0.3, -0.25) is 4.79 Å². The van der Waals surface area contributed by atoms with E-state index in [9.17, 15) is 14.4 Å². The van der Waals surface area contributed by atoms with Gasteiger partial charge in [-0.05, 0) is 80.8 Å². The number of ether oxygens (including phenoxy) is 2. The molecule has 1 aliphatic rings. The summed E-state index contributed by atoms with van der Waals surface area (Å²) in [5.41, 5.74) is 4.54. The highest BCUT2D eigenvalue weighted by molar-refractivity contribution is 5.93. The van der Waals surface area contributed by atoms with E-state index in [2.05, 4.69) is 28.9 Å². The van der Waals surface area contributed by atoms with Gasteiger partial charge in [0.15, 0.2) is 0 Å². The number of carbonyl (C=O) groups excluding carboxylic acids is 3. The molecule has 1 aromatic heterocycles. The van der Waals surface area contributed by atoms with Crippen molar-refractivity contribution in [1.29, 1.82) is 0 Å². The SMILES string of the molecule is CCCCc1nc2ccc(NC(=O)CC3(CC=O)CCCC3)cc2n1Cc1ccc(-c2ccccc2OC(=O)OC(C)(C)C)cc1. The number of hydrogen-bond donors (Lipinski definition) is 1. The fourth-order valence-electron chi connectivity index (χ4n) is 6.38. The van der Waals surface area contributed by atoms with Crippen molar-refractivity contribution in [2.75, 3.05) is 5.32 Å². The minimum absolute atomic E-state index is 0.0492. The van der Waals surface area contributed by atoms with Gasteiger partial charge in [-0.1, -0.05) is 68.7 Å². The zero-order valence-corrected chi connectivity index (χ0v) is 27.4. The second-order valence-electron chi connectivity index (χ2n) is 13.5. The number of imidazole rings is 1. The molecule has 0 unspecified atom stereocenters. The highest BCUT2D eigenvalue weighted by atomic mass is 16.7. The molecule has 0 saturated heterocycles. The highest BCUT2D eigenvalue weighted by Gasteiger charge is 2.35. The second kappa shape index (κ2) is 14.3. The molecule has 3 aromatic carbocycles. The maximum Gasteiger partial charge on any atom is 0.514 e. The summed E-state index contributed by atoms with van der Waals surface area (Å²) in [6.45, 7) is 8.19. The Bertz CT molecular complexity index is 1680. The van der Waals surface area contributed by atoms with Crippen LogP contribution in [0.5, 0.6) is 5.75 Å². The van der Waals surface area contributed by atoms with Gasteiger partial charge >= 0.3 is 6.16 Å². The zero-order valence-electron chi connectivity index (χ0n) is 27.4. The Balaban J connectivity index is 1.37. The molecule has 0 bridgehead atoms. The van der Waals surface area contributed by atoms with Gasteiger partial charge in [0.25, 0.3) is 0 Å². The summed E-state index contributed by atoms with van der Waals surface area (Å²) in [5.74, 6) is 1.40. The fourth-order valence-corrected chi connectivity index (χ4v) is 6.38. The summed E-state index contributed by atoms with van der Waals surface area (Å²) >= 11 is 0. The molecule has 0 atom stereocenters. The first-order valence-corrected chi connectivity index (χ1v) is 16.4. The number of amides is 1. The van der Waals surface area contributed by atoms with Crippen LogP contribution in [0.2, 0.25) is 0 Å². The largest absolute Gasteiger partial charge is 0.514 e. The van der Waals surface area contributed by atoms with Crippen LogP contribution in [-0.4, -0.2) is 33.5 Å². The van der Waals surface area contributed by atoms with Crippen LogP contribution in [0.3, 0.4) is 0 Å². The Morgan fingerprint density at radius 3 is 2.46 bits per heavy atom. The average Bonchev–Trinajstić information content (AvgIpc) is 3.60. The number of rotatable bonds is 12. The highest BCUT2D eigenvalue weighted by Crippen LogP contribution is 2.43. The molecule has 0 aliphatic heterocycles. The van der Waals surface area contributed by atoms with Crippen molar-refractivity contribution in [1.82, 2.24) is 9.55 Å². The van der Waals surface area contributed by atoms with E-state index in [1.54, 1.807) is 26.8 Å². The van der Waals surface area contributed by atoms with Crippen LogP contribution >= 0.6 is 0 Å². The molecule has 4 aromatic rings. The summed E-state index contributed by atoms with van der Waals surface area (Å²) in [6.07, 6.45) is 7.96. The van der Waals surface area contributed by atoms with Gasteiger partial charge in [0.1, 0.15) is 23.5 Å². The van der Waals surface area contributed by atoms with Crippen molar-refractivity contribution < 1.29 is 23.9 Å². The molecule has 8 heteroatoms. The van der Waals surface area contributed by atoms with E-state index in [0.29, 0.717) is 25.1 Å². The lowest BCUT2D eigenvalue weighted by atomic mass is 9.80. The van der Waals surface area contributed by atoms with E-state index in [4.69, 9.17) is 14.5 Å². The third-order valence-corrected chi connectivity index (χ3v) is 8.66. The van der Waals surface area contributed by atoms with Crippen molar-refractivity contribution in [2.24, 2.45) is 5.41 Å². The molecule has 1 saturated carbocycles. The first-order valence-electron chi connectivity index (χ1n) is 16.4. The number of unbranched alkanes of at least 4 members (excludes halogenated alkanes) is 1. The molecule has 1 aliphatic carbocycles. The van der Waals surface area contributed by atoms with E-state index in [1.165, 1.54) is 0 Å². The number of para-hydroxylation sites is 1. The topological polar surface area (TPSA) is 99.5 Å². The second-order valence-corrected chi connectivity index (χ2v) is 13.5. The van der Waals surface area contributed by atoms with E-state index in [1.807, 2.05) is 48.5 Å². The molecule has 1 amide bonds. The normalized spacial score (nSPS) is 14.3. The number of anilines is 1. The molecule has 1 heterocycles. The van der Waals surface area contributed by atoms with Crippen LogP contribution in [0.4, 0.5) is 10.5 Å². The van der Waals surface area contributed by atoms with Crippen molar-refractivity contribution in [3.05, 3.63) is 78.1 Å². The van der Waals surface area contributed by atoms with Crippen LogP contribution in [-0.2, 0) is 27.3 Å². The Labute approximate surface area is 271 Å². The molecule has 0 spiro atoms. The van der Waals surface area contributed by atoms with E-state index >= 15 is 0 Å². The molecular weight excluding hydrogens is 578 g/mol. The fraction of sp³-hybridized carbons (Fsp3) is 0.421. The van der Waals surface area contributed by atoms with Gasteiger partial charge in [-0.15, -0.1) is 0 Å². The summed E-state index contributed by atoms with van der Waals surface area (Å²) in [6, 6.07) is 21.5.